The molecule has 114 valence electrons. The van der Waals surface area contributed by atoms with Crippen molar-refractivity contribution in [3.8, 4) is 0 Å². The number of hydrogen-bond acceptors (Lipinski definition) is 4. The molecule has 0 amide bonds. The highest BCUT2D eigenvalue weighted by molar-refractivity contribution is 7.15. The Morgan fingerprint density at radius 2 is 2.10 bits per heavy atom. The van der Waals surface area contributed by atoms with Crippen LogP contribution in [0.4, 0.5) is 10.8 Å². The number of anilines is 2. The molecule has 1 aromatic heterocycles. The van der Waals surface area contributed by atoms with Gasteiger partial charge in [-0.3, -0.25) is 0 Å². The first kappa shape index (κ1) is 16.0. The number of nitrogens with zero attached hydrogens (tertiary/aromatic N) is 2. The normalized spacial score (nSPS) is 12.4. The maximum absolute atomic E-state index is 5.91. The van der Waals surface area contributed by atoms with Crippen LogP contribution in [-0.2, 0) is 6.54 Å². The van der Waals surface area contributed by atoms with Crippen LogP contribution in [0.25, 0.3) is 0 Å². The first-order valence-electron chi connectivity index (χ1n) is 7.64. The largest absolute Gasteiger partial charge is 0.326 e. The molecule has 0 bridgehead atoms. The lowest BCUT2D eigenvalue weighted by Crippen LogP contribution is -2.16. The lowest BCUT2D eigenvalue weighted by molar-refractivity contribution is 0.703. The molecule has 0 saturated heterocycles. The predicted molar refractivity (Wildman–Crippen MR) is 92.6 cm³/mol. The first-order valence-corrected chi connectivity index (χ1v) is 8.46. The van der Waals surface area contributed by atoms with Gasteiger partial charge in [-0.1, -0.05) is 37.3 Å². The van der Waals surface area contributed by atoms with E-state index in [1.54, 1.807) is 11.3 Å². The third kappa shape index (κ3) is 3.44. The minimum absolute atomic E-state index is 0.463. The quantitative estimate of drug-likeness (QED) is 0.849. The summed E-state index contributed by atoms with van der Waals surface area (Å²) in [7, 11) is 0. The van der Waals surface area contributed by atoms with Gasteiger partial charge in [0.15, 0.2) is 5.13 Å². The van der Waals surface area contributed by atoms with Crippen LogP contribution in [0.15, 0.2) is 24.3 Å². The van der Waals surface area contributed by atoms with Crippen molar-refractivity contribution in [2.45, 2.75) is 46.6 Å². The molecule has 1 aromatic carbocycles. The van der Waals surface area contributed by atoms with E-state index in [0.29, 0.717) is 12.5 Å². The summed E-state index contributed by atoms with van der Waals surface area (Å²) in [6.07, 6.45) is 1.09. The monoisotopic (exact) mass is 303 g/mol. The third-order valence-corrected chi connectivity index (χ3v) is 4.96. The summed E-state index contributed by atoms with van der Waals surface area (Å²) in [5, 5.41) is 1.05. The lowest BCUT2D eigenvalue weighted by atomic mass is 10.0. The Morgan fingerprint density at radius 1 is 1.33 bits per heavy atom. The number of benzene rings is 1. The molecular formula is C17H25N3S. The smallest absolute Gasteiger partial charge is 0.190 e. The molecule has 0 saturated carbocycles. The molecule has 1 atom stereocenters. The van der Waals surface area contributed by atoms with Crippen molar-refractivity contribution in [2.24, 2.45) is 5.73 Å². The van der Waals surface area contributed by atoms with Crippen molar-refractivity contribution in [3.05, 3.63) is 40.4 Å². The summed E-state index contributed by atoms with van der Waals surface area (Å²) in [5.74, 6) is 0.463. The summed E-state index contributed by atoms with van der Waals surface area (Å²) in [6.45, 7) is 10.2. The maximum Gasteiger partial charge on any atom is 0.190 e. The molecule has 0 spiro atoms. The topological polar surface area (TPSA) is 42.2 Å². The highest BCUT2D eigenvalue weighted by Crippen LogP contribution is 2.35. The summed E-state index contributed by atoms with van der Waals surface area (Å²) in [5.41, 5.74) is 9.55. The second-order valence-corrected chi connectivity index (χ2v) is 6.46. The van der Waals surface area contributed by atoms with E-state index in [-0.39, 0.29) is 0 Å². The van der Waals surface area contributed by atoms with E-state index in [0.717, 1.165) is 18.1 Å². The van der Waals surface area contributed by atoms with Crippen LogP contribution in [0.2, 0.25) is 0 Å². The van der Waals surface area contributed by atoms with Crippen molar-refractivity contribution in [1.82, 2.24) is 4.98 Å². The van der Waals surface area contributed by atoms with Gasteiger partial charge in [-0.25, -0.2) is 4.98 Å². The van der Waals surface area contributed by atoms with Crippen molar-refractivity contribution >= 4 is 22.2 Å². The Bertz CT molecular complexity index is 591. The van der Waals surface area contributed by atoms with Crippen molar-refractivity contribution in [1.29, 1.82) is 0 Å². The van der Waals surface area contributed by atoms with Crippen molar-refractivity contribution in [2.75, 3.05) is 11.4 Å². The molecule has 1 unspecified atom stereocenters. The Labute approximate surface area is 131 Å². The molecule has 0 fully saturated rings. The molecule has 2 rings (SSSR count). The second kappa shape index (κ2) is 7.05. The fourth-order valence-corrected chi connectivity index (χ4v) is 3.56. The Kier molecular flexibility index (Phi) is 5.37. The minimum atomic E-state index is 0.463. The zero-order chi connectivity index (χ0) is 15.4. The average Bonchev–Trinajstić information content (AvgIpc) is 2.91. The third-order valence-electron chi connectivity index (χ3n) is 3.84. The molecule has 2 N–H and O–H groups in total. The van der Waals surface area contributed by atoms with Gasteiger partial charge >= 0.3 is 0 Å². The lowest BCUT2D eigenvalue weighted by Gasteiger charge is -2.20. The number of aryl methyl sites for hydroxylation is 1. The van der Waals surface area contributed by atoms with Gasteiger partial charge in [0.05, 0.1) is 5.69 Å². The molecule has 21 heavy (non-hydrogen) atoms. The number of nitrogens with two attached hydrogens (primary N) is 1. The van der Waals surface area contributed by atoms with Gasteiger partial charge in [0, 0.05) is 23.7 Å². The van der Waals surface area contributed by atoms with Crippen LogP contribution in [0.5, 0.6) is 0 Å². The zero-order valence-corrected chi connectivity index (χ0v) is 14.2. The maximum atomic E-state index is 5.91. The van der Waals surface area contributed by atoms with Crippen LogP contribution in [0.1, 0.15) is 49.2 Å². The van der Waals surface area contributed by atoms with Gasteiger partial charge in [-0.15, -0.1) is 0 Å². The SMILES string of the molecule is CCC(C)c1nc(N(CC)c2cccc(C)c2)sc1CN. The van der Waals surface area contributed by atoms with Gasteiger partial charge in [-0.2, -0.15) is 0 Å². The minimum Gasteiger partial charge on any atom is -0.326 e. The molecule has 0 aliphatic rings. The number of aromatic nitrogens is 1. The average molecular weight is 303 g/mol. The van der Waals surface area contributed by atoms with Gasteiger partial charge < -0.3 is 10.6 Å². The van der Waals surface area contributed by atoms with Crippen LogP contribution in [0.3, 0.4) is 0 Å². The Morgan fingerprint density at radius 3 is 2.67 bits per heavy atom. The van der Waals surface area contributed by atoms with Gasteiger partial charge in [0.1, 0.15) is 0 Å². The van der Waals surface area contributed by atoms with E-state index in [9.17, 15) is 0 Å². The summed E-state index contributed by atoms with van der Waals surface area (Å²) in [6, 6.07) is 8.56. The summed E-state index contributed by atoms with van der Waals surface area (Å²) < 4.78 is 0. The zero-order valence-electron chi connectivity index (χ0n) is 13.4. The molecule has 1 heterocycles. The summed E-state index contributed by atoms with van der Waals surface area (Å²) >= 11 is 1.73. The second-order valence-electron chi connectivity index (χ2n) is 5.40. The van der Waals surface area contributed by atoms with E-state index in [4.69, 9.17) is 10.7 Å². The molecule has 3 nitrogen and oxygen atoms in total. The first-order chi connectivity index (χ1) is 10.1. The van der Waals surface area contributed by atoms with Gasteiger partial charge in [0.25, 0.3) is 0 Å². The number of hydrogen-bond donors (Lipinski definition) is 1. The molecule has 0 aliphatic carbocycles. The van der Waals surface area contributed by atoms with Crippen molar-refractivity contribution in [3.63, 3.8) is 0 Å². The standard InChI is InChI=1S/C17H25N3S/c1-5-13(4)16-15(11-18)21-17(19-16)20(6-2)14-9-7-8-12(3)10-14/h7-10,13H,5-6,11,18H2,1-4H3. The van der Waals surface area contributed by atoms with Crippen molar-refractivity contribution < 1.29 is 0 Å². The van der Waals surface area contributed by atoms with E-state index in [1.165, 1.54) is 21.8 Å². The van der Waals surface area contributed by atoms with Crippen LogP contribution >= 0.6 is 11.3 Å². The van der Waals surface area contributed by atoms with E-state index >= 15 is 0 Å². The number of thiazole rings is 1. The Hall–Kier alpha value is -1.39. The van der Waals surface area contributed by atoms with E-state index < -0.39 is 0 Å². The molecule has 4 heteroatoms. The predicted octanol–water partition coefficient (Wildman–Crippen LogP) is 4.58. The molecular weight excluding hydrogens is 278 g/mol. The number of rotatable bonds is 6. The summed E-state index contributed by atoms with van der Waals surface area (Å²) in [4.78, 5) is 8.37. The Balaban J connectivity index is 2.41. The van der Waals surface area contributed by atoms with Crippen LogP contribution in [0, 0.1) is 6.92 Å². The fourth-order valence-electron chi connectivity index (χ4n) is 2.41. The van der Waals surface area contributed by atoms with Gasteiger partial charge in [0.2, 0.25) is 0 Å². The van der Waals surface area contributed by atoms with E-state index in [2.05, 4.69) is 56.9 Å². The molecule has 2 aromatic rings. The molecule has 0 aliphatic heterocycles. The van der Waals surface area contributed by atoms with Crippen LogP contribution < -0.4 is 10.6 Å². The highest BCUT2D eigenvalue weighted by Gasteiger charge is 2.19. The van der Waals surface area contributed by atoms with E-state index in [1.807, 2.05) is 0 Å². The van der Waals surface area contributed by atoms with Gasteiger partial charge in [-0.05, 0) is 43.9 Å². The van der Waals surface area contributed by atoms with Crippen LogP contribution in [-0.4, -0.2) is 11.5 Å². The fraction of sp³-hybridized carbons (Fsp3) is 0.471. The molecule has 0 radical (unpaired) electrons. The highest BCUT2D eigenvalue weighted by atomic mass is 32.1.